The van der Waals surface area contributed by atoms with Crippen LogP contribution < -0.4 is 0 Å². The van der Waals surface area contributed by atoms with E-state index in [0.717, 1.165) is 5.56 Å². The minimum atomic E-state index is -1.36. The molecule has 0 aliphatic heterocycles. The van der Waals surface area contributed by atoms with E-state index in [9.17, 15) is 15.0 Å². The molecule has 2 atom stereocenters. The van der Waals surface area contributed by atoms with E-state index in [4.69, 9.17) is 4.74 Å². The first-order valence-electron chi connectivity index (χ1n) is 6.95. The lowest BCUT2D eigenvalue weighted by molar-refractivity contribution is -0.00330. The Balaban J connectivity index is 2.50. The molecule has 1 aromatic carbocycles. The normalized spacial score (nSPS) is 15.1. The molecule has 0 saturated heterocycles. The van der Waals surface area contributed by atoms with Gasteiger partial charge in [-0.1, -0.05) is 24.3 Å². The molecule has 0 radical (unpaired) electrons. The smallest absolute Gasteiger partial charge is 0.356 e. The molecular formula is C16H20N2O4. The average molecular weight is 304 g/mol. The van der Waals surface area contributed by atoms with Crippen LogP contribution in [-0.4, -0.2) is 39.5 Å². The van der Waals surface area contributed by atoms with E-state index in [2.05, 4.69) is 4.98 Å². The van der Waals surface area contributed by atoms with Crippen molar-refractivity contribution >= 4 is 5.97 Å². The predicted molar refractivity (Wildman–Crippen MR) is 80.5 cm³/mol. The summed E-state index contributed by atoms with van der Waals surface area (Å²) in [5, 5.41) is 19.8. The van der Waals surface area contributed by atoms with E-state index in [0.29, 0.717) is 11.3 Å². The third-order valence-electron chi connectivity index (χ3n) is 3.78. The van der Waals surface area contributed by atoms with Crippen molar-refractivity contribution in [3.8, 4) is 0 Å². The Morgan fingerprint density at radius 3 is 2.77 bits per heavy atom. The zero-order chi connectivity index (χ0) is 16.3. The lowest BCUT2D eigenvalue weighted by Crippen LogP contribution is -2.28. The van der Waals surface area contributed by atoms with Crippen LogP contribution >= 0.6 is 0 Å². The molecule has 0 aliphatic rings. The number of carbonyl (C=O) groups excluding carboxylic acids is 1. The van der Waals surface area contributed by atoms with Crippen LogP contribution in [0, 0.1) is 0 Å². The molecule has 1 heterocycles. The summed E-state index contributed by atoms with van der Waals surface area (Å²) in [5.74, 6) is -0.476. The van der Waals surface area contributed by atoms with E-state index >= 15 is 0 Å². The summed E-state index contributed by atoms with van der Waals surface area (Å²) in [6.07, 6.45) is 2.98. The van der Waals surface area contributed by atoms with E-state index < -0.39 is 18.2 Å². The molecule has 0 fully saturated rings. The third-order valence-corrected chi connectivity index (χ3v) is 3.78. The maximum atomic E-state index is 11.8. The lowest BCUT2D eigenvalue weighted by atomic mass is 9.89. The molecule has 22 heavy (non-hydrogen) atoms. The van der Waals surface area contributed by atoms with Gasteiger partial charge in [0.2, 0.25) is 0 Å². The van der Waals surface area contributed by atoms with E-state index in [-0.39, 0.29) is 6.04 Å². The van der Waals surface area contributed by atoms with E-state index in [1.54, 1.807) is 30.0 Å². The molecule has 2 N–H and O–H groups in total. The van der Waals surface area contributed by atoms with Crippen molar-refractivity contribution < 1.29 is 19.7 Å². The Kier molecular flexibility index (Phi) is 4.63. The molecule has 0 aliphatic carbocycles. The molecular weight excluding hydrogens is 284 g/mol. The summed E-state index contributed by atoms with van der Waals surface area (Å²) in [6, 6.07) is 7.00. The fraction of sp³-hybridized carbons (Fsp3) is 0.375. The lowest BCUT2D eigenvalue weighted by Gasteiger charge is -2.27. The molecule has 0 amide bonds. The van der Waals surface area contributed by atoms with Crippen molar-refractivity contribution in [2.24, 2.45) is 0 Å². The number of carbonyl (C=O) groups is 1. The highest BCUT2D eigenvalue weighted by molar-refractivity contribution is 5.87. The van der Waals surface area contributed by atoms with Gasteiger partial charge in [0.1, 0.15) is 11.3 Å². The van der Waals surface area contributed by atoms with Crippen LogP contribution in [0.2, 0.25) is 0 Å². The highest BCUT2D eigenvalue weighted by atomic mass is 16.5. The molecule has 2 aromatic rings. The second kappa shape index (κ2) is 6.29. The first-order chi connectivity index (χ1) is 10.4. The Hall–Kier alpha value is -2.18. The Morgan fingerprint density at radius 1 is 1.45 bits per heavy atom. The largest absolute Gasteiger partial charge is 0.464 e. The third kappa shape index (κ3) is 2.88. The van der Waals surface area contributed by atoms with Crippen molar-refractivity contribution in [1.82, 2.24) is 9.55 Å². The van der Waals surface area contributed by atoms with Crippen LogP contribution in [-0.2, 0) is 10.3 Å². The quantitative estimate of drug-likeness (QED) is 0.817. The molecule has 118 valence electrons. The van der Waals surface area contributed by atoms with Gasteiger partial charge in [0.25, 0.3) is 0 Å². The van der Waals surface area contributed by atoms with Gasteiger partial charge in [0, 0.05) is 0 Å². The number of ether oxygens (including phenoxy) is 1. The van der Waals surface area contributed by atoms with Gasteiger partial charge in [-0.15, -0.1) is 0 Å². The average Bonchev–Trinajstić information content (AvgIpc) is 3.03. The minimum Gasteiger partial charge on any atom is -0.464 e. The van der Waals surface area contributed by atoms with Gasteiger partial charge in [0.05, 0.1) is 32.3 Å². The molecule has 2 rings (SSSR count). The second-order valence-corrected chi connectivity index (χ2v) is 5.37. The summed E-state index contributed by atoms with van der Waals surface area (Å²) < 4.78 is 6.43. The molecule has 0 saturated carbocycles. The number of imidazole rings is 1. The van der Waals surface area contributed by atoms with Crippen molar-refractivity contribution in [1.29, 1.82) is 0 Å². The van der Waals surface area contributed by atoms with Crippen molar-refractivity contribution in [2.75, 3.05) is 13.7 Å². The van der Waals surface area contributed by atoms with Crippen LogP contribution in [0.25, 0.3) is 0 Å². The van der Waals surface area contributed by atoms with Crippen LogP contribution in [0.1, 0.15) is 41.5 Å². The van der Waals surface area contributed by atoms with Gasteiger partial charge in [-0.05, 0) is 25.0 Å². The fourth-order valence-electron chi connectivity index (χ4n) is 2.46. The number of hydrogen-bond donors (Lipinski definition) is 2. The van der Waals surface area contributed by atoms with Gasteiger partial charge in [-0.25, -0.2) is 9.78 Å². The first-order valence-corrected chi connectivity index (χ1v) is 6.95. The van der Waals surface area contributed by atoms with Crippen LogP contribution in [0.3, 0.4) is 0 Å². The molecule has 0 bridgehead atoms. The number of nitrogens with zero attached hydrogens (tertiary/aromatic N) is 2. The number of hydrogen-bond acceptors (Lipinski definition) is 5. The second-order valence-electron chi connectivity index (χ2n) is 5.37. The van der Waals surface area contributed by atoms with Crippen LogP contribution in [0.15, 0.2) is 36.8 Å². The minimum absolute atomic E-state index is 0.258. The number of methoxy groups -OCH3 is 1. The number of aromatic nitrogens is 2. The number of esters is 1. The maximum Gasteiger partial charge on any atom is 0.356 e. The molecule has 1 aromatic heterocycles. The van der Waals surface area contributed by atoms with Gasteiger partial charge in [-0.2, -0.15) is 0 Å². The summed E-state index contributed by atoms with van der Waals surface area (Å²) in [5.41, 5.74) is 0.365. The highest BCUT2D eigenvalue weighted by Crippen LogP contribution is 2.30. The van der Waals surface area contributed by atoms with Crippen molar-refractivity contribution in [2.45, 2.75) is 25.5 Å². The Bertz CT molecular complexity index is 664. The monoisotopic (exact) mass is 304 g/mol. The van der Waals surface area contributed by atoms with Gasteiger partial charge < -0.3 is 19.5 Å². The maximum absolute atomic E-state index is 11.8. The van der Waals surface area contributed by atoms with Crippen molar-refractivity contribution in [3.05, 3.63) is 53.6 Å². The standard InChI is InChI=1S/C16H20N2O4/c1-11(18-10-17-8-14(18)15(20)22-3)12-6-4-5-7-13(12)16(2,21)9-19/h4-8,10-11,19,21H,9H2,1-3H3. The zero-order valence-electron chi connectivity index (χ0n) is 12.9. The molecule has 0 spiro atoms. The number of benzene rings is 1. The predicted octanol–water partition coefficient (Wildman–Crippen LogP) is 1.48. The molecule has 6 nitrogen and oxygen atoms in total. The van der Waals surface area contributed by atoms with Gasteiger partial charge in [-0.3, -0.25) is 0 Å². The van der Waals surface area contributed by atoms with Gasteiger partial charge in [0.15, 0.2) is 0 Å². The number of aliphatic hydroxyl groups excluding tert-OH is 1. The highest BCUT2D eigenvalue weighted by Gasteiger charge is 2.28. The summed E-state index contributed by atoms with van der Waals surface area (Å²) in [7, 11) is 1.31. The van der Waals surface area contributed by atoms with Gasteiger partial charge >= 0.3 is 5.97 Å². The number of aliphatic hydroxyl groups is 2. The van der Waals surface area contributed by atoms with Crippen LogP contribution in [0.4, 0.5) is 0 Å². The molecule has 6 heteroatoms. The summed E-state index contributed by atoms with van der Waals surface area (Å²) in [6.45, 7) is 3.04. The summed E-state index contributed by atoms with van der Waals surface area (Å²) >= 11 is 0. The first kappa shape index (κ1) is 16.2. The Morgan fingerprint density at radius 2 is 2.14 bits per heavy atom. The number of rotatable bonds is 5. The van der Waals surface area contributed by atoms with Crippen LogP contribution in [0.5, 0.6) is 0 Å². The fourth-order valence-corrected chi connectivity index (χ4v) is 2.46. The molecule has 2 unspecified atom stereocenters. The SMILES string of the molecule is COC(=O)c1cncn1C(C)c1ccccc1C(C)(O)CO. The zero-order valence-corrected chi connectivity index (χ0v) is 12.9. The Labute approximate surface area is 129 Å². The van der Waals surface area contributed by atoms with Crippen molar-refractivity contribution in [3.63, 3.8) is 0 Å². The topological polar surface area (TPSA) is 84.6 Å². The van der Waals surface area contributed by atoms with E-state index in [1.807, 2.05) is 19.1 Å². The summed E-state index contributed by atoms with van der Waals surface area (Å²) in [4.78, 5) is 15.8. The van der Waals surface area contributed by atoms with E-state index in [1.165, 1.54) is 13.3 Å².